The van der Waals surface area contributed by atoms with Crippen LogP contribution in [-0.2, 0) is 0 Å². The van der Waals surface area contributed by atoms with Gasteiger partial charge in [0.1, 0.15) is 0 Å². The average Bonchev–Trinajstić information content (AvgIpc) is 2.52. The zero-order chi connectivity index (χ0) is 10.8. The van der Waals surface area contributed by atoms with Gasteiger partial charge in [0.2, 0.25) is 0 Å². The number of nitrogens with one attached hydrogen (secondary N) is 1. The van der Waals surface area contributed by atoms with Gasteiger partial charge in [-0.25, -0.2) is 0 Å². The molecule has 1 N–H and O–H groups in total. The standard InChI is InChI=1S/C14H26N2/c1-3-8-14(9-4-1)12-15-10-7-13-6-2-5-11-16(13)14/h13,15H,1-12H2. The molecule has 3 fully saturated rings. The summed E-state index contributed by atoms with van der Waals surface area (Å²) >= 11 is 0. The van der Waals surface area contributed by atoms with Crippen LogP contribution in [0.5, 0.6) is 0 Å². The van der Waals surface area contributed by atoms with Gasteiger partial charge >= 0.3 is 0 Å². The smallest absolute Gasteiger partial charge is 0.0336 e. The predicted octanol–water partition coefficient (Wildman–Crippen LogP) is 2.54. The Hall–Kier alpha value is -0.0800. The van der Waals surface area contributed by atoms with Gasteiger partial charge in [0.25, 0.3) is 0 Å². The summed E-state index contributed by atoms with van der Waals surface area (Å²) in [6.07, 6.45) is 13.1. The van der Waals surface area contributed by atoms with E-state index in [2.05, 4.69) is 10.2 Å². The summed E-state index contributed by atoms with van der Waals surface area (Å²) in [5.74, 6) is 0. The molecule has 1 aliphatic carbocycles. The minimum absolute atomic E-state index is 0.555. The van der Waals surface area contributed by atoms with E-state index in [0.717, 1.165) is 6.04 Å². The summed E-state index contributed by atoms with van der Waals surface area (Å²) in [6, 6.07) is 0.904. The summed E-state index contributed by atoms with van der Waals surface area (Å²) in [5, 5.41) is 3.72. The molecule has 92 valence electrons. The number of nitrogens with zero attached hydrogens (tertiary/aromatic N) is 1. The zero-order valence-electron chi connectivity index (χ0n) is 10.5. The molecule has 0 aromatic rings. The molecule has 1 atom stereocenters. The monoisotopic (exact) mass is 222 g/mol. The Morgan fingerprint density at radius 1 is 0.938 bits per heavy atom. The van der Waals surface area contributed by atoms with E-state index in [4.69, 9.17) is 0 Å². The number of hydrogen-bond acceptors (Lipinski definition) is 2. The van der Waals surface area contributed by atoms with E-state index < -0.39 is 0 Å². The van der Waals surface area contributed by atoms with Crippen molar-refractivity contribution in [2.24, 2.45) is 0 Å². The van der Waals surface area contributed by atoms with Gasteiger partial charge in [-0.05, 0) is 45.2 Å². The zero-order valence-corrected chi connectivity index (χ0v) is 10.5. The van der Waals surface area contributed by atoms with Gasteiger partial charge in [-0.15, -0.1) is 0 Å². The highest BCUT2D eigenvalue weighted by molar-refractivity contribution is 5.00. The van der Waals surface area contributed by atoms with Crippen LogP contribution in [-0.4, -0.2) is 36.1 Å². The molecule has 0 bridgehead atoms. The van der Waals surface area contributed by atoms with Crippen LogP contribution in [0.15, 0.2) is 0 Å². The lowest BCUT2D eigenvalue weighted by Crippen LogP contribution is -2.58. The number of piperidine rings is 1. The summed E-state index contributed by atoms with van der Waals surface area (Å²) < 4.78 is 0. The highest BCUT2D eigenvalue weighted by Gasteiger charge is 2.42. The van der Waals surface area contributed by atoms with Gasteiger partial charge in [-0.2, -0.15) is 0 Å². The Balaban J connectivity index is 1.82. The lowest BCUT2D eigenvalue weighted by molar-refractivity contribution is 0.00251. The molecule has 2 heterocycles. The molecule has 0 radical (unpaired) electrons. The molecule has 1 saturated carbocycles. The van der Waals surface area contributed by atoms with E-state index >= 15 is 0 Å². The van der Waals surface area contributed by atoms with Crippen LogP contribution in [0.3, 0.4) is 0 Å². The maximum absolute atomic E-state index is 3.72. The maximum Gasteiger partial charge on any atom is 0.0336 e. The van der Waals surface area contributed by atoms with Gasteiger partial charge < -0.3 is 5.32 Å². The van der Waals surface area contributed by atoms with Crippen molar-refractivity contribution in [1.29, 1.82) is 0 Å². The second kappa shape index (κ2) is 4.66. The summed E-state index contributed by atoms with van der Waals surface area (Å²) in [7, 11) is 0. The molecule has 1 spiro atoms. The van der Waals surface area contributed by atoms with E-state index in [1.54, 1.807) is 0 Å². The summed E-state index contributed by atoms with van der Waals surface area (Å²) in [5.41, 5.74) is 0.555. The number of hydrogen-bond donors (Lipinski definition) is 1. The lowest BCUT2D eigenvalue weighted by atomic mass is 9.78. The third-order valence-corrected chi connectivity index (χ3v) is 5.13. The Kier molecular flexibility index (Phi) is 3.21. The first kappa shape index (κ1) is 11.0. The van der Waals surface area contributed by atoms with Crippen molar-refractivity contribution in [1.82, 2.24) is 10.2 Å². The normalized spacial score (nSPS) is 35.6. The van der Waals surface area contributed by atoms with E-state index in [-0.39, 0.29) is 0 Å². The molecule has 0 aromatic heterocycles. The van der Waals surface area contributed by atoms with Crippen LogP contribution in [0.4, 0.5) is 0 Å². The second-order valence-electron chi connectivity index (χ2n) is 6.09. The highest BCUT2D eigenvalue weighted by atomic mass is 15.3. The SMILES string of the molecule is C1CCC2(CC1)CNCCC1CCCCN12. The fourth-order valence-corrected chi connectivity index (χ4v) is 4.29. The molecule has 2 saturated heterocycles. The van der Waals surface area contributed by atoms with Crippen molar-refractivity contribution in [3.05, 3.63) is 0 Å². The molecule has 16 heavy (non-hydrogen) atoms. The molecule has 2 nitrogen and oxygen atoms in total. The molecular formula is C14H26N2. The van der Waals surface area contributed by atoms with E-state index in [1.165, 1.54) is 77.4 Å². The largest absolute Gasteiger partial charge is 0.315 e. The lowest BCUT2D eigenvalue weighted by Gasteiger charge is -2.50. The van der Waals surface area contributed by atoms with Crippen LogP contribution in [0, 0.1) is 0 Å². The predicted molar refractivity (Wildman–Crippen MR) is 67.6 cm³/mol. The average molecular weight is 222 g/mol. The number of rotatable bonds is 0. The molecule has 3 aliphatic rings. The fourth-order valence-electron chi connectivity index (χ4n) is 4.29. The molecule has 0 amide bonds. The topological polar surface area (TPSA) is 15.3 Å². The van der Waals surface area contributed by atoms with Crippen LogP contribution >= 0.6 is 0 Å². The molecule has 2 heteroatoms. The van der Waals surface area contributed by atoms with Crippen molar-refractivity contribution in [2.75, 3.05) is 19.6 Å². The summed E-state index contributed by atoms with van der Waals surface area (Å²) in [6.45, 7) is 3.90. The minimum atomic E-state index is 0.555. The molecule has 2 aliphatic heterocycles. The van der Waals surface area contributed by atoms with Crippen molar-refractivity contribution >= 4 is 0 Å². The third kappa shape index (κ3) is 1.91. The van der Waals surface area contributed by atoms with Gasteiger partial charge in [0.15, 0.2) is 0 Å². The van der Waals surface area contributed by atoms with Gasteiger partial charge in [0, 0.05) is 18.1 Å². The first-order valence-electron chi connectivity index (χ1n) is 7.38. The third-order valence-electron chi connectivity index (χ3n) is 5.13. The van der Waals surface area contributed by atoms with Crippen molar-refractivity contribution in [3.63, 3.8) is 0 Å². The Morgan fingerprint density at radius 2 is 1.81 bits per heavy atom. The highest BCUT2D eigenvalue weighted by Crippen LogP contribution is 2.39. The Labute approximate surface area is 99.8 Å². The Morgan fingerprint density at radius 3 is 2.69 bits per heavy atom. The first-order valence-corrected chi connectivity index (χ1v) is 7.38. The van der Waals surface area contributed by atoms with Crippen LogP contribution in [0.25, 0.3) is 0 Å². The van der Waals surface area contributed by atoms with E-state index in [9.17, 15) is 0 Å². The van der Waals surface area contributed by atoms with Crippen molar-refractivity contribution in [3.8, 4) is 0 Å². The molecule has 0 aromatic carbocycles. The van der Waals surface area contributed by atoms with Crippen molar-refractivity contribution in [2.45, 2.75) is 69.4 Å². The van der Waals surface area contributed by atoms with E-state index in [0.29, 0.717) is 5.54 Å². The van der Waals surface area contributed by atoms with E-state index in [1.807, 2.05) is 0 Å². The number of fused-ring (bicyclic) bond motifs is 2. The van der Waals surface area contributed by atoms with Gasteiger partial charge in [-0.1, -0.05) is 25.7 Å². The van der Waals surface area contributed by atoms with Crippen LogP contribution in [0.2, 0.25) is 0 Å². The second-order valence-corrected chi connectivity index (χ2v) is 6.09. The van der Waals surface area contributed by atoms with Crippen LogP contribution < -0.4 is 5.32 Å². The summed E-state index contributed by atoms with van der Waals surface area (Å²) in [4.78, 5) is 2.93. The fraction of sp³-hybridized carbons (Fsp3) is 1.00. The maximum atomic E-state index is 3.72. The molecule has 3 rings (SSSR count). The molecule has 1 unspecified atom stereocenters. The first-order chi connectivity index (χ1) is 7.91. The quantitative estimate of drug-likeness (QED) is 0.677. The van der Waals surface area contributed by atoms with Crippen molar-refractivity contribution < 1.29 is 0 Å². The van der Waals surface area contributed by atoms with Gasteiger partial charge in [-0.3, -0.25) is 4.90 Å². The van der Waals surface area contributed by atoms with Crippen LogP contribution in [0.1, 0.15) is 57.8 Å². The minimum Gasteiger partial charge on any atom is -0.315 e. The molecular weight excluding hydrogens is 196 g/mol. The van der Waals surface area contributed by atoms with Gasteiger partial charge in [0.05, 0.1) is 0 Å². The Bertz CT molecular complexity index is 233.